The molecule has 1 radical (unpaired) electrons. The molecule has 0 heterocycles. The molecule has 0 bridgehead atoms. The molecule has 1 aromatic rings. The third-order valence-corrected chi connectivity index (χ3v) is 1.60. The fourth-order valence-corrected chi connectivity index (χ4v) is 1.04. The molecule has 0 amide bonds. The van der Waals surface area contributed by atoms with E-state index in [1.807, 2.05) is 0 Å². The van der Waals surface area contributed by atoms with E-state index in [2.05, 4.69) is 6.92 Å². The fourth-order valence-electron chi connectivity index (χ4n) is 1.04. The Morgan fingerprint density at radius 1 is 1.25 bits per heavy atom. The minimum Gasteiger partial charge on any atom is -0.166 e. The van der Waals surface area contributed by atoms with E-state index in [0.29, 0.717) is 5.56 Å². The van der Waals surface area contributed by atoms with Crippen LogP contribution in [0.25, 0.3) is 0 Å². The molecule has 3 heteroatoms. The molecule has 0 atom stereocenters. The molecule has 0 unspecified atom stereocenters. The van der Waals surface area contributed by atoms with Gasteiger partial charge in [0.1, 0.15) is 0 Å². The number of halogens is 3. The lowest BCUT2D eigenvalue weighted by Crippen LogP contribution is -2.07. The van der Waals surface area contributed by atoms with E-state index in [1.165, 1.54) is 19.1 Å². The molecule has 12 heavy (non-hydrogen) atoms. The van der Waals surface area contributed by atoms with Crippen molar-refractivity contribution in [1.82, 2.24) is 0 Å². The van der Waals surface area contributed by atoms with Crippen molar-refractivity contribution in [3.05, 3.63) is 41.8 Å². The summed E-state index contributed by atoms with van der Waals surface area (Å²) in [5.41, 5.74) is 0.227. The van der Waals surface area contributed by atoms with E-state index >= 15 is 0 Å². The van der Waals surface area contributed by atoms with Crippen LogP contribution in [0.5, 0.6) is 0 Å². The molecule has 0 aromatic heterocycles. The number of aryl methyl sites for hydroxylation is 1. The van der Waals surface area contributed by atoms with Gasteiger partial charge in [-0.1, -0.05) is 12.1 Å². The monoisotopic (exact) mass is 173 g/mol. The lowest BCUT2D eigenvalue weighted by molar-refractivity contribution is -0.138. The number of alkyl halides is 3. The second-order valence-corrected chi connectivity index (χ2v) is 2.65. The highest BCUT2D eigenvalue weighted by Gasteiger charge is 2.31. The Morgan fingerprint density at radius 2 is 1.83 bits per heavy atom. The Morgan fingerprint density at radius 3 is 2.25 bits per heavy atom. The average molecular weight is 173 g/mol. The van der Waals surface area contributed by atoms with Crippen LogP contribution in [-0.2, 0) is 6.18 Å². The van der Waals surface area contributed by atoms with Crippen molar-refractivity contribution in [2.24, 2.45) is 0 Å². The topological polar surface area (TPSA) is 0 Å². The molecule has 0 saturated heterocycles. The molecule has 0 fully saturated rings. The van der Waals surface area contributed by atoms with Crippen molar-refractivity contribution in [1.29, 1.82) is 0 Å². The first kappa shape index (κ1) is 9.10. The van der Waals surface area contributed by atoms with E-state index in [1.54, 1.807) is 0 Å². The summed E-state index contributed by atoms with van der Waals surface area (Å²) in [7, 11) is 0. The number of benzene rings is 1. The summed E-state index contributed by atoms with van der Waals surface area (Å²) in [4.78, 5) is 0. The number of hydrogen-bond donors (Lipinski definition) is 0. The first-order valence-electron chi connectivity index (χ1n) is 3.41. The summed E-state index contributed by atoms with van der Waals surface area (Å²) in [6.45, 7) is 4.97. The molecule has 1 aromatic carbocycles. The Balaban J connectivity index is 3.19. The summed E-state index contributed by atoms with van der Waals surface area (Å²) in [6.07, 6.45) is -4.25. The number of hydrogen-bond acceptors (Lipinski definition) is 0. The third-order valence-electron chi connectivity index (χ3n) is 1.60. The van der Waals surface area contributed by atoms with Gasteiger partial charge in [0.2, 0.25) is 0 Å². The largest absolute Gasteiger partial charge is 0.416 e. The van der Waals surface area contributed by atoms with Gasteiger partial charge in [-0.25, -0.2) is 0 Å². The van der Waals surface area contributed by atoms with Crippen LogP contribution < -0.4 is 0 Å². The normalized spacial score (nSPS) is 11.8. The molecule has 0 nitrogen and oxygen atoms in total. The lowest BCUT2D eigenvalue weighted by Gasteiger charge is -2.09. The van der Waals surface area contributed by atoms with Crippen LogP contribution in [0.15, 0.2) is 18.2 Å². The maximum atomic E-state index is 12.2. The minimum atomic E-state index is -4.25. The van der Waals surface area contributed by atoms with Crippen LogP contribution in [0.2, 0.25) is 0 Å². The third kappa shape index (κ3) is 1.78. The smallest absolute Gasteiger partial charge is 0.166 e. The highest BCUT2D eigenvalue weighted by molar-refractivity contribution is 5.33. The number of rotatable bonds is 0. The maximum Gasteiger partial charge on any atom is 0.416 e. The van der Waals surface area contributed by atoms with Gasteiger partial charge in [0.25, 0.3) is 0 Å². The van der Waals surface area contributed by atoms with E-state index in [0.717, 1.165) is 6.07 Å². The van der Waals surface area contributed by atoms with Crippen molar-refractivity contribution >= 4 is 0 Å². The summed E-state index contributed by atoms with van der Waals surface area (Å²) in [6, 6.07) is 3.83. The van der Waals surface area contributed by atoms with E-state index in [-0.39, 0.29) is 5.56 Å². The first-order valence-corrected chi connectivity index (χ1v) is 3.41. The van der Waals surface area contributed by atoms with Crippen LogP contribution in [0, 0.1) is 13.8 Å². The van der Waals surface area contributed by atoms with Gasteiger partial charge in [-0.05, 0) is 31.0 Å². The Bertz CT molecular complexity index is 286. The van der Waals surface area contributed by atoms with E-state index in [9.17, 15) is 13.2 Å². The van der Waals surface area contributed by atoms with Crippen LogP contribution in [-0.4, -0.2) is 0 Å². The van der Waals surface area contributed by atoms with Crippen LogP contribution in [0.3, 0.4) is 0 Å². The van der Waals surface area contributed by atoms with Gasteiger partial charge < -0.3 is 0 Å². The summed E-state index contributed by atoms with van der Waals surface area (Å²) < 4.78 is 36.5. The lowest BCUT2D eigenvalue weighted by atomic mass is 10.1. The zero-order valence-electron chi connectivity index (χ0n) is 6.57. The van der Waals surface area contributed by atoms with E-state index in [4.69, 9.17) is 0 Å². The summed E-state index contributed by atoms with van der Waals surface area (Å²) >= 11 is 0. The van der Waals surface area contributed by atoms with Gasteiger partial charge in [-0.3, -0.25) is 0 Å². The van der Waals surface area contributed by atoms with Gasteiger partial charge in [-0.15, -0.1) is 0 Å². The van der Waals surface area contributed by atoms with Crippen molar-refractivity contribution < 1.29 is 13.2 Å². The molecule has 0 N–H and O–H groups in total. The molecule has 0 aliphatic heterocycles. The minimum absolute atomic E-state index is 0.218. The molecule has 65 valence electrons. The Kier molecular flexibility index (Phi) is 2.13. The Labute approximate surface area is 69.0 Å². The second-order valence-electron chi connectivity index (χ2n) is 2.65. The van der Waals surface area contributed by atoms with Crippen LogP contribution in [0.1, 0.15) is 16.7 Å². The molecule has 0 aliphatic rings. The molecule has 1 rings (SSSR count). The zero-order valence-corrected chi connectivity index (χ0v) is 6.57. The average Bonchev–Trinajstić information content (AvgIpc) is 1.83. The second kappa shape index (κ2) is 2.81. The van der Waals surface area contributed by atoms with Gasteiger partial charge in [0.05, 0.1) is 5.56 Å². The Hall–Kier alpha value is -0.990. The fraction of sp³-hybridized carbons (Fsp3) is 0.222. The van der Waals surface area contributed by atoms with Crippen molar-refractivity contribution in [3.8, 4) is 0 Å². The summed E-state index contributed by atoms with van der Waals surface area (Å²) in [5, 5.41) is 0. The zero-order chi connectivity index (χ0) is 9.35. The summed E-state index contributed by atoms with van der Waals surface area (Å²) in [5.74, 6) is 0. The van der Waals surface area contributed by atoms with Crippen molar-refractivity contribution in [2.75, 3.05) is 0 Å². The van der Waals surface area contributed by atoms with Crippen LogP contribution in [0.4, 0.5) is 13.2 Å². The van der Waals surface area contributed by atoms with E-state index < -0.39 is 11.7 Å². The highest BCUT2D eigenvalue weighted by atomic mass is 19.4. The predicted molar refractivity (Wildman–Crippen MR) is 40.6 cm³/mol. The molecular weight excluding hydrogens is 165 g/mol. The molecule has 0 spiro atoms. The van der Waals surface area contributed by atoms with Crippen molar-refractivity contribution in [2.45, 2.75) is 13.1 Å². The van der Waals surface area contributed by atoms with Crippen molar-refractivity contribution in [3.63, 3.8) is 0 Å². The van der Waals surface area contributed by atoms with Gasteiger partial charge in [0.15, 0.2) is 0 Å². The van der Waals surface area contributed by atoms with Gasteiger partial charge in [0, 0.05) is 0 Å². The quantitative estimate of drug-likeness (QED) is 0.565. The standard InChI is InChI=1S/C9H8F3/c1-6-3-4-8(7(2)5-6)9(10,11)12/h3-5H,1H2,2H3. The molecule has 0 aliphatic carbocycles. The van der Waals surface area contributed by atoms with Gasteiger partial charge >= 0.3 is 6.18 Å². The molecular formula is C9H8F3. The predicted octanol–water partition coefficient (Wildman–Crippen LogP) is 3.20. The maximum absolute atomic E-state index is 12.2. The molecule has 0 saturated carbocycles. The van der Waals surface area contributed by atoms with Crippen LogP contribution >= 0.6 is 0 Å². The highest BCUT2D eigenvalue weighted by Crippen LogP contribution is 2.31. The SMILES string of the molecule is [CH2]c1ccc(C(F)(F)F)c(C)c1. The van der Waals surface area contributed by atoms with Gasteiger partial charge in [-0.2, -0.15) is 13.2 Å². The first-order chi connectivity index (χ1) is 5.41.